The number of benzene rings is 1. The Kier molecular flexibility index (Phi) is 4.76. The summed E-state index contributed by atoms with van der Waals surface area (Å²) < 4.78 is 0. The predicted molar refractivity (Wildman–Crippen MR) is 78.5 cm³/mol. The Balaban J connectivity index is 1.89. The Morgan fingerprint density at radius 2 is 2.00 bits per heavy atom. The van der Waals surface area contributed by atoms with Crippen molar-refractivity contribution in [3.05, 3.63) is 36.0 Å². The van der Waals surface area contributed by atoms with Crippen molar-refractivity contribution in [2.75, 3.05) is 13.1 Å². The van der Waals surface area contributed by atoms with Crippen LogP contribution in [0.15, 0.2) is 30.5 Å². The van der Waals surface area contributed by atoms with Gasteiger partial charge in [0.25, 0.3) is 5.91 Å². The van der Waals surface area contributed by atoms with E-state index >= 15 is 0 Å². The van der Waals surface area contributed by atoms with Crippen molar-refractivity contribution < 1.29 is 9.59 Å². The molecule has 1 aromatic heterocycles. The molecule has 0 saturated carbocycles. The highest BCUT2D eigenvalue weighted by Gasteiger charge is 2.10. The van der Waals surface area contributed by atoms with Gasteiger partial charge >= 0.3 is 0 Å². The minimum atomic E-state index is -0.154. The summed E-state index contributed by atoms with van der Waals surface area (Å²) in [7, 11) is 0. The first-order chi connectivity index (χ1) is 9.72. The molecule has 20 heavy (non-hydrogen) atoms. The van der Waals surface area contributed by atoms with Gasteiger partial charge in [0, 0.05) is 42.2 Å². The van der Waals surface area contributed by atoms with Crippen molar-refractivity contribution in [1.82, 2.24) is 15.6 Å². The molecule has 106 valence electrons. The summed E-state index contributed by atoms with van der Waals surface area (Å²) in [5.74, 6) is -0.189. The minimum Gasteiger partial charge on any atom is -0.361 e. The van der Waals surface area contributed by atoms with E-state index in [1.807, 2.05) is 25.1 Å². The number of aromatic nitrogens is 1. The monoisotopic (exact) mass is 273 g/mol. The molecule has 0 atom stereocenters. The van der Waals surface area contributed by atoms with E-state index in [0.29, 0.717) is 25.1 Å². The van der Waals surface area contributed by atoms with Gasteiger partial charge in [0.2, 0.25) is 5.91 Å². The molecule has 0 saturated heterocycles. The van der Waals surface area contributed by atoms with E-state index in [1.54, 1.807) is 12.3 Å². The fraction of sp³-hybridized carbons (Fsp3) is 0.333. The van der Waals surface area contributed by atoms with Gasteiger partial charge in [-0.15, -0.1) is 0 Å². The molecule has 3 N–H and O–H groups in total. The van der Waals surface area contributed by atoms with E-state index in [1.165, 1.54) is 0 Å². The summed E-state index contributed by atoms with van der Waals surface area (Å²) in [5, 5.41) is 6.44. The predicted octanol–water partition coefficient (Wildman–Crippen LogP) is 1.81. The van der Waals surface area contributed by atoms with Crippen LogP contribution < -0.4 is 10.6 Å². The number of carbonyl (C=O) groups is 2. The number of amides is 2. The molecule has 0 fully saturated rings. The number of carbonyl (C=O) groups excluding carboxylic acids is 2. The molecule has 5 heteroatoms. The quantitative estimate of drug-likeness (QED) is 0.751. The smallest absolute Gasteiger partial charge is 0.251 e. The van der Waals surface area contributed by atoms with E-state index in [4.69, 9.17) is 0 Å². The van der Waals surface area contributed by atoms with Crippen LogP contribution >= 0.6 is 0 Å². The summed E-state index contributed by atoms with van der Waals surface area (Å²) in [4.78, 5) is 26.6. The van der Waals surface area contributed by atoms with Gasteiger partial charge in [-0.05, 0) is 24.6 Å². The van der Waals surface area contributed by atoms with E-state index in [2.05, 4.69) is 15.6 Å². The molecule has 0 spiro atoms. The van der Waals surface area contributed by atoms with Crippen LogP contribution in [-0.2, 0) is 4.79 Å². The lowest BCUT2D eigenvalue weighted by Crippen LogP contribution is -2.31. The first kappa shape index (κ1) is 14.1. The Bertz CT molecular complexity index is 604. The topological polar surface area (TPSA) is 74.0 Å². The van der Waals surface area contributed by atoms with Gasteiger partial charge in [-0.25, -0.2) is 0 Å². The highest BCUT2D eigenvalue weighted by molar-refractivity contribution is 6.06. The second kappa shape index (κ2) is 6.75. The standard InChI is InChI=1S/C15H19N3O2/c1-2-8-17-14(19)7-10-18-15(20)12-4-3-5-13-11(12)6-9-16-13/h3-6,9,16H,2,7-8,10H2,1H3,(H,17,19)(H,18,20). The normalized spacial score (nSPS) is 10.4. The number of H-pyrrole nitrogens is 1. The number of hydrogen-bond acceptors (Lipinski definition) is 2. The van der Waals surface area contributed by atoms with Crippen LogP contribution in [0.1, 0.15) is 30.1 Å². The SMILES string of the molecule is CCCNC(=O)CCNC(=O)c1cccc2[nH]ccc12. The molecule has 0 radical (unpaired) electrons. The zero-order chi connectivity index (χ0) is 14.4. The fourth-order valence-electron chi connectivity index (χ4n) is 2.02. The lowest BCUT2D eigenvalue weighted by Gasteiger charge is -2.07. The van der Waals surface area contributed by atoms with Gasteiger partial charge in [-0.1, -0.05) is 13.0 Å². The van der Waals surface area contributed by atoms with E-state index in [9.17, 15) is 9.59 Å². The third kappa shape index (κ3) is 3.38. The second-order valence-corrected chi connectivity index (χ2v) is 4.60. The largest absolute Gasteiger partial charge is 0.361 e. The average Bonchev–Trinajstić information content (AvgIpc) is 2.93. The van der Waals surface area contributed by atoms with E-state index < -0.39 is 0 Å². The summed E-state index contributed by atoms with van der Waals surface area (Å²) in [5.41, 5.74) is 1.55. The van der Waals surface area contributed by atoms with Crippen molar-refractivity contribution >= 4 is 22.7 Å². The molecule has 5 nitrogen and oxygen atoms in total. The van der Waals surface area contributed by atoms with Gasteiger partial charge in [0.05, 0.1) is 0 Å². The van der Waals surface area contributed by atoms with E-state index in [-0.39, 0.29) is 11.8 Å². The van der Waals surface area contributed by atoms with Crippen molar-refractivity contribution in [3.63, 3.8) is 0 Å². The molecule has 2 amide bonds. The third-order valence-corrected chi connectivity index (χ3v) is 3.05. The van der Waals surface area contributed by atoms with Gasteiger partial charge in [-0.3, -0.25) is 9.59 Å². The fourth-order valence-corrected chi connectivity index (χ4v) is 2.02. The molecule has 2 rings (SSSR count). The van der Waals surface area contributed by atoms with E-state index in [0.717, 1.165) is 17.3 Å². The zero-order valence-corrected chi connectivity index (χ0v) is 11.5. The van der Waals surface area contributed by atoms with Gasteiger partial charge in [0.15, 0.2) is 0 Å². The minimum absolute atomic E-state index is 0.0352. The molecule has 0 bridgehead atoms. The number of fused-ring (bicyclic) bond motifs is 1. The number of hydrogen-bond donors (Lipinski definition) is 3. The van der Waals surface area contributed by atoms with Crippen molar-refractivity contribution in [1.29, 1.82) is 0 Å². The second-order valence-electron chi connectivity index (χ2n) is 4.60. The molecule has 2 aromatic rings. The average molecular weight is 273 g/mol. The molecule has 0 unspecified atom stereocenters. The van der Waals surface area contributed by atoms with Crippen LogP contribution in [-0.4, -0.2) is 29.9 Å². The van der Waals surface area contributed by atoms with Crippen LogP contribution in [0.2, 0.25) is 0 Å². The molecular weight excluding hydrogens is 254 g/mol. The van der Waals surface area contributed by atoms with Crippen molar-refractivity contribution in [2.24, 2.45) is 0 Å². The first-order valence-electron chi connectivity index (χ1n) is 6.83. The summed E-state index contributed by atoms with van der Waals surface area (Å²) in [6, 6.07) is 7.41. The van der Waals surface area contributed by atoms with Gasteiger partial charge in [0.1, 0.15) is 0 Å². The number of rotatable bonds is 6. The van der Waals surface area contributed by atoms with Crippen LogP contribution in [0.5, 0.6) is 0 Å². The first-order valence-corrected chi connectivity index (χ1v) is 6.83. The van der Waals surface area contributed by atoms with Crippen molar-refractivity contribution in [3.8, 4) is 0 Å². The molecule has 0 aliphatic heterocycles. The number of aromatic amines is 1. The van der Waals surface area contributed by atoms with Crippen LogP contribution in [0.25, 0.3) is 10.9 Å². The molecular formula is C15H19N3O2. The molecule has 1 heterocycles. The highest BCUT2D eigenvalue weighted by atomic mass is 16.2. The Hall–Kier alpha value is -2.30. The van der Waals surface area contributed by atoms with Gasteiger partial charge < -0.3 is 15.6 Å². The number of nitrogens with one attached hydrogen (secondary N) is 3. The van der Waals surface area contributed by atoms with Crippen LogP contribution in [0.3, 0.4) is 0 Å². The Labute approximate surface area is 117 Å². The lowest BCUT2D eigenvalue weighted by atomic mass is 10.1. The zero-order valence-electron chi connectivity index (χ0n) is 11.5. The highest BCUT2D eigenvalue weighted by Crippen LogP contribution is 2.16. The third-order valence-electron chi connectivity index (χ3n) is 3.05. The summed E-state index contributed by atoms with van der Waals surface area (Å²) >= 11 is 0. The Morgan fingerprint density at radius 1 is 1.15 bits per heavy atom. The summed E-state index contributed by atoms with van der Waals surface area (Å²) in [6.07, 6.45) is 3.02. The Morgan fingerprint density at radius 3 is 2.80 bits per heavy atom. The van der Waals surface area contributed by atoms with Crippen molar-refractivity contribution in [2.45, 2.75) is 19.8 Å². The van der Waals surface area contributed by atoms with Crippen LogP contribution in [0.4, 0.5) is 0 Å². The summed E-state index contributed by atoms with van der Waals surface area (Å²) in [6.45, 7) is 3.02. The molecule has 0 aliphatic rings. The lowest BCUT2D eigenvalue weighted by molar-refractivity contribution is -0.120. The maximum atomic E-state index is 12.1. The molecule has 0 aliphatic carbocycles. The maximum absolute atomic E-state index is 12.1. The molecule has 1 aromatic carbocycles. The maximum Gasteiger partial charge on any atom is 0.251 e. The van der Waals surface area contributed by atoms with Gasteiger partial charge in [-0.2, -0.15) is 0 Å². The van der Waals surface area contributed by atoms with Crippen LogP contribution in [0, 0.1) is 0 Å².